The third-order valence-electron chi connectivity index (χ3n) is 4.77. The fourth-order valence-corrected chi connectivity index (χ4v) is 3.48. The molecule has 0 aliphatic carbocycles. The summed E-state index contributed by atoms with van der Waals surface area (Å²) in [5, 5.41) is 10.3. The molecule has 3 aromatic rings. The molecule has 1 aliphatic rings. The molecule has 1 atom stereocenters. The number of benzene rings is 1. The standard InChI is InChI=1S/C20H21N5O/c26-19-11-18(15-5-2-1-3-6-15)25(10-9-22-19)14-17-13-23-24-20(17)16-7-4-8-21-12-16/h1-8,12-13,18H,9-11,14H2,(H,22,26)(H,23,24)/t18-/m1/s1. The lowest BCUT2D eigenvalue weighted by atomic mass is 10.0. The van der Waals surface area contributed by atoms with E-state index in [0.29, 0.717) is 13.0 Å². The van der Waals surface area contributed by atoms with Crippen LogP contribution in [0.3, 0.4) is 0 Å². The number of nitrogens with one attached hydrogen (secondary N) is 2. The van der Waals surface area contributed by atoms with Crippen LogP contribution in [0.15, 0.2) is 61.1 Å². The number of rotatable bonds is 4. The van der Waals surface area contributed by atoms with Crippen LogP contribution in [0.4, 0.5) is 0 Å². The molecule has 0 bridgehead atoms. The van der Waals surface area contributed by atoms with Crippen LogP contribution >= 0.6 is 0 Å². The summed E-state index contributed by atoms with van der Waals surface area (Å²) in [4.78, 5) is 18.7. The number of carbonyl (C=O) groups excluding carboxylic acids is 1. The normalized spacial score (nSPS) is 18.3. The second kappa shape index (κ2) is 7.49. The quantitative estimate of drug-likeness (QED) is 0.761. The second-order valence-electron chi connectivity index (χ2n) is 6.46. The molecule has 2 aromatic heterocycles. The Labute approximate surface area is 152 Å². The van der Waals surface area contributed by atoms with Crippen molar-refractivity contribution in [1.82, 2.24) is 25.4 Å². The number of carbonyl (C=O) groups is 1. The molecule has 1 amide bonds. The molecule has 2 N–H and O–H groups in total. The molecule has 0 unspecified atom stereocenters. The minimum atomic E-state index is 0.0512. The van der Waals surface area contributed by atoms with Crippen molar-refractivity contribution >= 4 is 5.91 Å². The molecular weight excluding hydrogens is 326 g/mol. The maximum absolute atomic E-state index is 12.1. The number of nitrogens with zero attached hydrogens (tertiary/aromatic N) is 3. The molecule has 0 saturated carbocycles. The minimum Gasteiger partial charge on any atom is -0.355 e. The Morgan fingerprint density at radius 2 is 2.00 bits per heavy atom. The molecule has 6 nitrogen and oxygen atoms in total. The summed E-state index contributed by atoms with van der Waals surface area (Å²) in [6.07, 6.45) is 5.92. The van der Waals surface area contributed by atoms with E-state index in [1.54, 1.807) is 6.20 Å². The lowest BCUT2D eigenvalue weighted by Crippen LogP contribution is -2.30. The van der Waals surface area contributed by atoms with E-state index in [1.807, 2.05) is 42.7 Å². The van der Waals surface area contributed by atoms with Gasteiger partial charge in [-0.25, -0.2) is 0 Å². The van der Waals surface area contributed by atoms with Gasteiger partial charge in [0.15, 0.2) is 0 Å². The van der Waals surface area contributed by atoms with E-state index in [-0.39, 0.29) is 11.9 Å². The van der Waals surface area contributed by atoms with Gasteiger partial charge in [0.2, 0.25) is 5.91 Å². The molecule has 132 valence electrons. The third kappa shape index (κ3) is 3.50. The average molecular weight is 347 g/mol. The van der Waals surface area contributed by atoms with Crippen LogP contribution in [0.5, 0.6) is 0 Å². The second-order valence-corrected chi connectivity index (χ2v) is 6.46. The van der Waals surface area contributed by atoms with Crippen LogP contribution in [-0.4, -0.2) is 39.1 Å². The average Bonchev–Trinajstić information content (AvgIpc) is 3.07. The summed E-state index contributed by atoms with van der Waals surface area (Å²) in [6.45, 7) is 2.17. The zero-order valence-electron chi connectivity index (χ0n) is 14.4. The summed E-state index contributed by atoms with van der Waals surface area (Å²) in [5.74, 6) is 0.0982. The molecule has 6 heteroatoms. The Morgan fingerprint density at radius 3 is 2.81 bits per heavy atom. The zero-order valence-corrected chi connectivity index (χ0v) is 14.4. The van der Waals surface area contributed by atoms with Gasteiger partial charge in [0.1, 0.15) is 0 Å². The van der Waals surface area contributed by atoms with Gasteiger partial charge in [-0.3, -0.25) is 19.8 Å². The van der Waals surface area contributed by atoms with Gasteiger partial charge >= 0.3 is 0 Å². The third-order valence-corrected chi connectivity index (χ3v) is 4.77. The maximum Gasteiger partial charge on any atom is 0.221 e. The van der Waals surface area contributed by atoms with E-state index >= 15 is 0 Å². The number of hydrogen-bond acceptors (Lipinski definition) is 4. The molecule has 1 fully saturated rings. The van der Waals surface area contributed by atoms with Crippen LogP contribution in [0.2, 0.25) is 0 Å². The van der Waals surface area contributed by atoms with Gasteiger partial charge in [-0.2, -0.15) is 5.10 Å². The van der Waals surface area contributed by atoms with Crippen molar-refractivity contribution in [1.29, 1.82) is 0 Å². The van der Waals surface area contributed by atoms with E-state index in [9.17, 15) is 4.79 Å². The molecule has 1 saturated heterocycles. The number of hydrogen-bond donors (Lipinski definition) is 2. The summed E-state index contributed by atoms with van der Waals surface area (Å²) >= 11 is 0. The van der Waals surface area contributed by atoms with Gasteiger partial charge < -0.3 is 5.32 Å². The highest BCUT2D eigenvalue weighted by atomic mass is 16.1. The summed E-state index contributed by atoms with van der Waals surface area (Å²) in [5.41, 5.74) is 4.26. The molecule has 1 aliphatic heterocycles. The van der Waals surface area contributed by atoms with Crippen LogP contribution in [-0.2, 0) is 11.3 Å². The number of pyridine rings is 1. The van der Waals surface area contributed by atoms with Gasteiger partial charge in [0, 0.05) is 55.6 Å². The largest absolute Gasteiger partial charge is 0.355 e. The first-order chi connectivity index (χ1) is 12.8. The van der Waals surface area contributed by atoms with E-state index < -0.39 is 0 Å². The summed E-state index contributed by atoms with van der Waals surface area (Å²) in [6, 6.07) is 14.2. The first kappa shape index (κ1) is 16.5. The van der Waals surface area contributed by atoms with Gasteiger partial charge in [-0.15, -0.1) is 0 Å². The number of amides is 1. The molecule has 3 heterocycles. The van der Waals surface area contributed by atoms with Crippen molar-refractivity contribution in [2.75, 3.05) is 13.1 Å². The van der Waals surface area contributed by atoms with Crippen molar-refractivity contribution in [2.24, 2.45) is 0 Å². The van der Waals surface area contributed by atoms with Crippen molar-refractivity contribution in [3.8, 4) is 11.3 Å². The number of H-pyrrole nitrogens is 1. The van der Waals surface area contributed by atoms with Gasteiger partial charge in [0.05, 0.1) is 11.9 Å². The first-order valence-electron chi connectivity index (χ1n) is 8.79. The molecule has 26 heavy (non-hydrogen) atoms. The maximum atomic E-state index is 12.1. The van der Waals surface area contributed by atoms with Crippen LogP contribution < -0.4 is 5.32 Å². The Kier molecular flexibility index (Phi) is 4.75. The Morgan fingerprint density at radius 1 is 1.12 bits per heavy atom. The molecule has 0 radical (unpaired) electrons. The van der Waals surface area contributed by atoms with E-state index in [4.69, 9.17) is 0 Å². The number of aromatic amines is 1. The zero-order chi connectivity index (χ0) is 17.8. The topological polar surface area (TPSA) is 73.9 Å². The van der Waals surface area contributed by atoms with Gasteiger partial charge in [-0.05, 0) is 17.7 Å². The fourth-order valence-electron chi connectivity index (χ4n) is 3.48. The van der Waals surface area contributed by atoms with Gasteiger partial charge in [-0.1, -0.05) is 30.3 Å². The van der Waals surface area contributed by atoms with E-state index in [1.165, 1.54) is 0 Å². The van der Waals surface area contributed by atoms with Crippen molar-refractivity contribution in [2.45, 2.75) is 19.0 Å². The minimum absolute atomic E-state index is 0.0512. The monoisotopic (exact) mass is 347 g/mol. The van der Waals surface area contributed by atoms with Crippen molar-refractivity contribution in [3.05, 3.63) is 72.2 Å². The summed E-state index contributed by atoms with van der Waals surface area (Å²) in [7, 11) is 0. The SMILES string of the molecule is O=C1C[C@H](c2ccccc2)N(Cc2cn[nH]c2-c2cccnc2)CCN1. The fraction of sp³-hybridized carbons (Fsp3) is 0.250. The van der Waals surface area contributed by atoms with Crippen molar-refractivity contribution in [3.63, 3.8) is 0 Å². The molecule has 1 aromatic carbocycles. The summed E-state index contributed by atoms with van der Waals surface area (Å²) < 4.78 is 0. The molecule has 0 spiro atoms. The number of aromatic nitrogens is 3. The molecule has 4 rings (SSSR count). The highest BCUT2D eigenvalue weighted by Gasteiger charge is 2.27. The van der Waals surface area contributed by atoms with E-state index in [2.05, 4.69) is 37.5 Å². The molecular formula is C20H21N5O. The van der Waals surface area contributed by atoms with Crippen LogP contribution in [0.25, 0.3) is 11.3 Å². The van der Waals surface area contributed by atoms with E-state index in [0.717, 1.165) is 35.5 Å². The van der Waals surface area contributed by atoms with Gasteiger partial charge in [0.25, 0.3) is 0 Å². The Balaban J connectivity index is 1.63. The van der Waals surface area contributed by atoms with Crippen LogP contribution in [0, 0.1) is 0 Å². The van der Waals surface area contributed by atoms with Crippen LogP contribution in [0.1, 0.15) is 23.6 Å². The van der Waals surface area contributed by atoms with Crippen molar-refractivity contribution < 1.29 is 4.79 Å². The highest BCUT2D eigenvalue weighted by molar-refractivity contribution is 5.77. The lowest BCUT2D eigenvalue weighted by Gasteiger charge is -2.29. The first-order valence-corrected chi connectivity index (χ1v) is 8.79. The predicted octanol–water partition coefficient (Wildman–Crippen LogP) is 2.53. The Hall–Kier alpha value is -2.99. The smallest absolute Gasteiger partial charge is 0.221 e. The lowest BCUT2D eigenvalue weighted by molar-refractivity contribution is -0.121. The predicted molar refractivity (Wildman–Crippen MR) is 99.0 cm³/mol. The Bertz CT molecular complexity index is 862. The highest BCUT2D eigenvalue weighted by Crippen LogP contribution is 2.29.